The number of hydrogen-bond donors (Lipinski definition) is 1. The molecule has 0 radical (unpaired) electrons. The molecular weight excluding hydrogens is 248 g/mol. The molecule has 0 aliphatic carbocycles. The van der Waals surface area contributed by atoms with Gasteiger partial charge in [-0.2, -0.15) is 0 Å². The first-order valence-corrected chi connectivity index (χ1v) is 7.45. The number of hydrogen-bond acceptors (Lipinski definition) is 3. The molecule has 2 heterocycles. The average molecular weight is 270 g/mol. The van der Waals surface area contributed by atoms with Crippen molar-refractivity contribution in [3.63, 3.8) is 0 Å². The second kappa shape index (κ2) is 5.75. The first-order valence-electron chi connectivity index (χ1n) is 7.45. The molecule has 2 aromatic rings. The fourth-order valence-electron chi connectivity index (χ4n) is 2.93. The number of benzene rings is 1. The molecule has 106 valence electrons. The molecule has 1 N–H and O–H groups in total. The second-order valence-electron chi connectivity index (χ2n) is 5.60. The molecule has 1 aliphatic heterocycles. The van der Waals surface area contributed by atoms with Gasteiger partial charge in [-0.3, -0.25) is 0 Å². The summed E-state index contributed by atoms with van der Waals surface area (Å²) in [5.41, 5.74) is 2.68. The van der Waals surface area contributed by atoms with Crippen LogP contribution >= 0.6 is 0 Å². The van der Waals surface area contributed by atoms with Crippen LogP contribution < -0.4 is 5.32 Å². The minimum absolute atomic E-state index is 0.327. The van der Waals surface area contributed by atoms with Crippen molar-refractivity contribution in [3.05, 3.63) is 47.0 Å². The zero-order valence-electron chi connectivity index (χ0n) is 12.3. The van der Waals surface area contributed by atoms with Crippen molar-refractivity contribution in [1.29, 1.82) is 0 Å². The van der Waals surface area contributed by atoms with Gasteiger partial charge in [0.25, 0.3) is 0 Å². The summed E-state index contributed by atoms with van der Waals surface area (Å²) < 4.78 is 2.28. The van der Waals surface area contributed by atoms with Crippen molar-refractivity contribution < 1.29 is 0 Å². The van der Waals surface area contributed by atoms with Crippen molar-refractivity contribution in [3.8, 4) is 0 Å². The summed E-state index contributed by atoms with van der Waals surface area (Å²) in [5, 5.41) is 12.2. The first-order chi connectivity index (χ1) is 9.75. The average Bonchev–Trinajstić information content (AvgIpc) is 2.88. The fourth-order valence-corrected chi connectivity index (χ4v) is 2.93. The summed E-state index contributed by atoms with van der Waals surface area (Å²) in [7, 11) is 0. The van der Waals surface area contributed by atoms with E-state index in [4.69, 9.17) is 0 Å². The van der Waals surface area contributed by atoms with Crippen LogP contribution in [0.5, 0.6) is 0 Å². The Morgan fingerprint density at radius 2 is 2.10 bits per heavy atom. The van der Waals surface area contributed by atoms with Crippen molar-refractivity contribution in [2.75, 3.05) is 0 Å². The molecule has 0 amide bonds. The minimum Gasteiger partial charge on any atom is -0.314 e. The molecule has 0 fully saturated rings. The molecule has 0 saturated heterocycles. The van der Waals surface area contributed by atoms with E-state index in [0.717, 1.165) is 31.2 Å². The lowest BCUT2D eigenvalue weighted by Gasteiger charge is -2.18. The molecule has 0 bridgehead atoms. The molecule has 4 nitrogen and oxygen atoms in total. The Kier molecular flexibility index (Phi) is 3.83. The number of nitrogens with zero attached hydrogens (tertiary/aromatic N) is 3. The van der Waals surface area contributed by atoms with E-state index >= 15 is 0 Å². The lowest BCUT2D eigenvalue weighted by atomic mass is 10.0. The minimum atomic E-state index is 0.327. The zero-order chi connectivity index (χ0) is 13.9. The molecule has 1 aliphatic rings. The van der Waals surface area contributed by atoms with E-state index in [1.165, 1.54) is 24.0 Å². The maximum absolute atomic E-state index is 4.34. The van der Waals surface area contributed by atoms with Gasteiger partial charge in [-0.15, -0.1) is 10.2 Å². The molecule has 0 unspecified atom stereocenters. The summed E-state index contributed by atoms with van der Waals surface area (Å²) in [6.07, 6.45) is 3.55. The number of aromatic nitrogens is 3. The molecule has 3 rings (SSSR count). The van der Waals surface area contributed by atoms with Gasteiger partial charge >= 0.3 is 0 Å². The summed E-state index contributed by atoms with van der Waals surface area (Å²) in [6.45, 7) is 6.21. The van der Waals surface area contributed by atoms with Gasteiger partial charge in [0, 0.05) is 19.0 Å². The summed E-state index contributed by atoms with van der Waals surface area (Å²) in [4.78, 5) is 0. The maximum Gasteiger partial charge on any atom is 0.147 e. The number of rotatable bonds is 4. The third-order valence-electron chi connectivity index (χ3n) is 4.16. The zero-order valence-corrected chi connectivity index (χ0v) is 12.3. The van der Waals surface area contributed by atoms with Crippen LogP contribution in [0.25, 0.3) is 0 Å². The standard InChI is InChI=1S/C16H22N4/c1-12-7-3-4-8-14(12)13(2)17-11-16-19-18-15-9-5-6-10-20(15)16/h3-4,7-8,13,17H,5-6,9-11H2,1-2H3/t13-/m1/s1. The Morgan fingerprint density at radius 1 is 1.25 bits per heavy atom. The van der Waals surface area contributed by atoms with Crippen molar-refractivity contribution >= 4 is 0 Å². The van der Waals surface area contributed by atoms with Gasteiger partial charge in [-0.1, -0.05) is 24.3 Å². The van der Waals surface area contributed by atoms with Gasteiger partial charge in [0.05, 0.1) is 6.54 Å². The molecule has 4 heteroatoms. The van der Waals surface area contributed by atoms with Crippen LogP contribution in [-0.2, 0) is 19.5 Å². The third-order valence-corrected chi connectivity index (χ3v) is 4.16. The van der Waals surface area contributed by atoms with Crippen LogP contribution in [-0.4, -0.2) is 14.8 Å². The van der Waals surface area contributed by atoms with Crippen molar-refractivity contribution in [2.45, 2.75) is 52.2 Å². The fraction of sp³-hybridized carbons (Fsp3) is 0.500. The SMILES string of the molecule is Cc1ccccc1[C@@H](C)NCc1nnc2n1CCCC2. The van der Waals surface area contributed by atoms with Crippen molar-refractivity contribution in [1.82, 2.24) is 20.1 Å². The predicted molar refractivity (Wildman–Crippen MR) is 79.4 cm³/mol. The van der Waals surface area contributed by atoms with Crippen LogP contribution in [0.3, 0.4) is 0 Å². The topological polar surface area (TPSA) is 42.7 Å². The van der Waals surface area contributed by atoms with Crippen LogP contribution in [0.1, 0.15) is 48.6 Å². The Balaban J connectivity index is 1.68. The normalized spacial score (nSPS) is 15.9. The van der Waals surface area contributed by atoms with Gasteiger partial charge in [-0.25, -0.2) is 0 Å². The quantitative estimate of drug-likeness (QED) is 0.929. The molecule has 0 saturated carbocycles. The number of fused-ring (bicyclic) bond motifs is 1. The number of nitrogens with one attached hydrogen (secondary N) is 1. The van der Waals surface area contributed by atoms with E-state index in [9.17, 15) is 0 Å². The van der Waals surface area contributed by atoms with Crippen molar-refractivity contribution in [2.24, 2.45) is 0 Å². The van der Waals surface area contributed by atoms with E-state index in [0.29, 0.717) is 6.04 Å². The van der Waals surface area contributed by atoms with E-state index in [-0.39, 0.29) is 0 Å². The highest BCUT2D eigenvalue weighted by molar-refractivity contribution is 5.28. The highest BCUT2D eigenvalue weighted by Gasteiger charge is 2.16. The van der Waals surface area contributed by atoms with E-state index in [1.807, 2.05) is 0 Å². The highest BCUT2D eigenvalue weighted by atomic mass is 15.3. The monoisotopic (exact) mass is 270 g/mol. The Labute approximate surface area is 120 Å². The summed E-state index contributed by atoms with van der Waals surface area (Å²) in [5.74, 6) is 2.22. The Bertz CT molecular complexity index is 588. The van der Waals surface area contributed by atoms with Gasteiger partial charge < -0.3 is 9.88 Å². The molecule has 1 atom stereocenters. The molecule has 20 heavy (non-hydrogen) atoms. The molecular formula is C16H22N4. The molecule has 1 aromatic carbocycles. The van der Waals surface area contributed by atoms with Crippen LogP contribution in [0.15, 0.2) is 24.3 Å². The largest absolute Gasteiger partial charge is 0.314 e. The lowest BCUT2D eigenvalue weighted by molar-refractivity contribution is 0.483. The Morgan fingerprint density at radius 3 is 2.95 bits per heavy atom. The maximum atomic E-state index is 4.34. The highest BCUT2D eigenvalue weighted by Crippen LogP contribution is 2.18. The smallest absolute Gasteiger partial charge is 0.147 e. The van der Waals surface area contributed by atoms with E-state index < -0.39 is 0 Å². The summed E-state index contributed by atoms with van der Waals surface area (Å²) in [6, 6.07) is 8.85. The van der Waals surface area contributed by atoms with E-state index in [1.54, 1.807) is 0 Å². The van der Waals surface area contributed by atoms with Crippen LogP contribution in [0.4, 0.5) is 0 Å². The predicted octanol–water partition coefficient (Wildman–Crippen LogP) is 2.77. The second-order valence-corrected chi connectivity index (χ2v) is 5.60. The van der Waals surface area contributed by atoms with Gasteiger partial charge in [-0.05, 0) is 37.8 Å². The van der Waals surface area contributed by atoms with Gasteiger partial charge in [0.1, 0.15) is 11.6 Å². The third kappa shape index (κ3) is 2.61. The van der Waals surface area contributed by atoms with Crippen LogP contribution in [0.2, 0.25) is 0 Å². The number of aryl methyl sites for hydroxylation is 2. The summed E-state index contributed by atoms with van der Waals surface area (Å²) >= 11 is 0. The first kappa shape index (κ1) is 13.3. The lowest BCUT2D eigenvalue weighted by Crippen LogP contribution is -2.22. The molecule has 1 aromatic heterocycles. The van der Waals surface area contributed by atoms with Gasteiger partial charge in [0.15, 0.2) is 0 Å². The van der Waals surface area contributed by atoms with Crippen LogP contribution in [0, 0.1) is 6.92 Å². The van der Waals surface area contributed by atoms with Gasteiger partial charge in [0.2, 0.25) is 0 Å². The molecule has 0 spiro atoms. The Hall–Kier alpha value is -1.68. The van der Waals surface area contributed by atoms with E-state index in [2.05, 4.69) is 58.2 Å².